The lowest BCUT2D eigenvalue weighted by atomic mass is 9.98. The normalized spacial score (nSPS) is 17.2. The van der Waals surface area contributed by atoms with E-state index < -0.39 is 0 Å². The summed E-state index contributed by atoms with van der Waals surface area (Å²) in [5, 5.41) is 5.95. The average Bonchev–Trinajstić information content (AvgIpc) is 2.88. The molecule has 35 heavy (non-hydrogen) atoms. The maximum absolute atomic E-state index is 12.7. The first-order chi connectivity index (χ1) is 16.9. The van der Waals surface area contributed by atoms with Crippen LogP contribution in [0.4, 0.5) is 11.4 Å². The van der Waals surface area contributed by atoms with Crippen LogP contribution in [0.25, 0.3) is 0 Å². The third-order valence-electron chi connectivity index (χ3n) is 7.14. The van der Waals surface area contributed by atoms with Crippen LogP contribution in [-0.4, -0.2) is 60.2 Å². The van der Waals surface area contributed by atoms with Gasteiger partial charge in [-0.05, 0) is 86.1 Å². The van der Waals surface area contributed by atoms with Gasteiger partial charge in [0.2, 0.25) is 5.91 Å². The molecule has 186 valence electrons. The van der Waals surface area contributed by atoms with Gasteiger partial charge in [-0.3, -0.25) is 14.4 Å². The summed E-state index contributed by atoms with van der Waals surface area (Å²) in [6, 6.07) is 14.3. The van der Waals surface area contributed by atoms with E-state index in [9.17, 15) is 14.4 Å². The van der Waals surface area contributed by atoms with Gasteiger partial charge in [-0.2, -0.15) is 0 Å². The van der Waals surface area contributed by atoms with Crippen molar-refractivity contribution in [1.82, 2.24) is 9.80 Å². The molecule has 0 spiro atoms. The zero-order valence-electron chi connectivity index (χ0n) is 20.8. The van der Waals surface area contributed by atoms with E-state index in [0.717, 1.165) is 57.5 Å². The number of carbonyl (C=O) groups excluding carboxylic acids is 3. The van der Waals surface area contributed by atoms with Crippen molar-refractivity contribution in [2.24, 2.45) is 11.8 Å². The molecule has 2 heterocycles. The van der Waals surface area contributed by atoms with Gasteiger partial charge in [-0.25, -0.2) is 0 Å². The van der Waals surface area contributed by atoms with E-state index in [2.05, 4.69) is 24.5 Å². The highest BCUT2D eigenvalue weighted by Gasteiger charge is 2.22. The molecule has 0 aliphatic carbocycles. The van der Waals surface area contributed by atoms with Crippen molar-refractivity contribution in [3.63, 3.8) is 0 Å². The van der Waals surface area contributed by atoms with Gasteiger partial charge >= 0.3 is 0 Å². The molecular weight excluding hydrogens is 440 g/mol. The summed E-state index contributed by atoms with van der Waals surface area (Å²) >= 11 is 0. The Bertz CT molecular complexity index is 1020. The first-order valence-corrected chi connectivity index (χ1v) is 12.7. The molecule has 2 N–H and O–H groups in total. The number of benzene rings is 2. The highest BCUT2D eigenvalue weighted by atomic mass is 16.2. The minimum absolute atomic E-state index is 0.0493. The fourth-order valence-electron chi connectivity index (χ4n) is 4.60. The van der Waals surface area contributed by atoms with Gasteiger partial charge in [0.05, 0.1) is 6.54 Å². The highest BCUT2D eigenvalue weighted by molar-refractivity contribution is 5.97. The quantitative estimate of drug-likeness (QED) is 0.644. The maximum Gasteiger partial charge on any atom is 0.253 e. The fraction of sp³-hybridized carbons (Fsp3) is 0.464. The van der Waals surface area contributed by atoms with Crippen molar-refractivity contribution in [3.8, 4) is 0 Å². The molecule has 7 heteroatoms. The van der Waals surface area contributed by atoms with Crippen LogP contribution in [0, 0.1) is 11.8 Å². The van der Waals surface area contributed by atoms with Crippen LogP contribution in [0.2, 0.25) is 0 Å². The average molecular weight is 477 g/mol. The Morgan fingerprint density at radius 2 is 1.09 bits per heavy atom. The summed E-state index contributed by atoms with van der Waals surface area (Å²) in [4.78, 5) is 41.6. The molecular formula is C28H36N4O3. The molecule has 4 rings (SSSR count). The third kappa shape index (κ3) is 6.62. The number of nitrogens with zero attached hydrogens (tertiary/aromatic N) is 2. The molecule has 0 radical (unpaired) electrons. The summed E-state index contributed by atoms with van der Waals surface area (Å²) < 4.78 is 0. The van der Waals surface area contributed by atoms with Gasteiger partial charge in [-0.1, -0.05) is 13.8 Å². The summed E-state index contributed by atoms with van der Waals surface area (Å²) in [6.07, 6.45) is 4.20. The van der Waals surface area contributed by atoms with Crippen LogP contribution in [0.3, 0.4) is 0 Å². The van der Waals surface area contributed by atoms with Crippen LogP contribution in [0.5, 0.6) is 0 Å². The Hall–Kier alpha value is -3.35. The lowest BCUT2D eigenvalue weighted by Crippen LogP contribution is -2.37. The largest absolute Gasteiger partial charge is 0.376 e. The van der Waals surface area contributed by atoms with E-state index in [1.54, 1.807) is 36.4 Å². The molecule has 0 aromatic heterocycles. The van der Waals surface area contributed by atoms with Crippen LogP contribution in [0.15, 0.2) is 48.5 Å². The van der Waals surface area contributed by atoms with E-state index in [-0.39, 0.29) is 24.3 Å². The van der Waals surface area contributed by atoms with Crippen LogP contribution < -0.4 is 10.6 Å². The zero-order chi connectivity index (χ0) is 24.8. The molecule has 2 aromatic rings. The standard InChI is InChI=1S/C28H36N4O3/c1-20-11-15-31(16-12-20)27(34)22-3-7-24(8-4-22)29-19-26(33)30-25-9-5-23(6-10-25)28(35)32-17-13-21(2)14-18-32/h3-10,20-21,29H,11-19H2,1-2H3,(H,30,33). The van der Waals surface area contributed by atoms with E-state index >= 15 is 0 Å². The van der Waals surface area contributed by atoms with E-state index in [1.807, 2.05) is 21.9 Å². The van der Waals surface area contributed by atoms with Gasteiger partial charge in [0.25, 0.3) is 11.8 Å². The van der Waals surface area contributed by atoms with Gasteiger partial charge in [-0.15, -0.1) is 0 Å². The van der Waals surface area contributed by atoms with Gasteiger partial charge in [0.1, 0.15) is 0 Å². The SMILES string of the molecule is CC1CCN(C(=O)c2ccc(NCC(=O)Nc3ccc(C(=O)N4CCC(C)CC4)cc3)cc2)CC1. The van der Waals surface area contributed by atoms with Gasteiger partial charge < -0.3 is 20.4 Å². The second-order valence-electron chi connectivity index (χ2n) is 10.0. The topological polar surface area (TPSA) is 81.8 Å². The van der Waals surface area contributed by atoms with Crippen molar-refractivity contribution in [2.45, 2.75) is 39.5 Å². The molecule has 0 unspecified atom stereocenters. The Morgan fingerprint density at radius 3 is 1.51 bits per heavy atom. The summed E-state index contributed by atoms with van der Waals surface area (Å²) in [7, 11) is 0. The minimum atomic E-state index is -0.184. The van der Waals surface area contributed by atoms with E-state index in [0.29, 0.717) is 28.7 Å². The number of amides is 3. The number of nitrogens with one attached hydrogen (secondary N) is 2. The lowest BCUT2D eigenvalue weighted by Gasteiger charge is -2.30. The summed E-state index contributed by atoms with van der Waals surface area (Å²) in [5.74, 6) is 1.29. The molecule has 2 saturated heterocycles. The maximum atomic E-state index is 12.7. The van der Waals surface area contributed by atoms with E-state index in [1.165, 1.54) is 0 Å². The molecule has 3 amide bonds. The first-order valence-electron chi connectivity index (χ1n) is 12.7. The van der Waals surface area contributed by atoms with Crippen molar-refractivity contribution >= 4 is 29.1 Å². The van der Waals surface area contributed by atoms with Gasteiger partial charge in [0, 0.05) is 48.7 Å². The van der Waals surface area contributed by atoms with Crippen molar-refractivity contribution in [3.05, 3.63) is 59.7 Å². The molecule has 0 atom stereocenters. The first kappa shape index (κ1) is 24.8. The molecule has 2 fully saturated rings. The van der Waals surface area contributed by atoms with Crippen LogP contribution in [0.1, 0.15) is 60.2 Å². The second kappa shape index (κ2) is 11.4. The number of hydrogen-bond acceptors (Lipinski definition) is 4. The summed E-state index contributed by atoms with van der Waals surface area (Å²) in [6.45, 7) is 7.78. The smallest absolute Gasteiger partial charge is 0.253 e. The van der Waals surface area contributed by atoms with E-state index in [4.69, 9.17) is 0 Å². The molecule has 0 saturated carbocycles. The number of anilines is 2. The number of carbonyl (C=O) groups is 3. The highest BCUT2D eigenvalue weighted by Crippen LogP contribution is 2.20. The number of hydrogen-bond donors (Lipinski definition) is 2. The van der Waals surface area contributed by atoms with Crippen molar-refractivity contribution in [1.29, 1.82) is 0 Å². The molecule has 2 aromatic carbocycles. The molecule has 2 aliphatic rings. The minimum Gasteiger partial charge on any atom is -0.376 e. The Kier molecular flexibility index (Phi) is 8.06. The number of piperidine rings is 2. The number of likely N-dealkylation sites (tertiary alicyclic amines) is 2. The molecule has 0 bridgehead atoms. The molecule has 2 aliphatic heterocycles. The Balaban J connectivity index is 1.23. The lowest BCUT2D eigenvalue weighted by molar-refractivity contribution is -0.114. The predicted molar refractivity (Wildman–Crippen MR) is 139 cm³/mol. The van der Waals surface area contributed by atoms with Crippen LogP contribution in [-0.2, 0) is 4.79 Å². The fourth-order valence-corrected chi connectivity index (χ4v) is 4.60. The van der Waals surface area contributed by atoms with Gasteiger partial charge in [0.15, 0.2) is 0 Å². The van der Waals surface area contributed by atoms with Crippen LogP contribution >= 0.6 is 0 Å². The molecule has 7 nitrogen and oxygen atoms in total. The zero-order valence-corrected chi connectivity index (χ0v) is 20.8. The number of rotatable bonds is 6. The Labute approximate surface area is 207 Å². The second-order valence-corrected chi connectivity index (χ2v) is 10.0. The summed E-state index contributed by atoms with van der Waals surface area (Å²) in [5.41, 5.74) is 2.74. The predicted octanol–water partition coefficient (Wildman–Crippen LogP) is 4.48. The Morgan fingerprint density at radius 1 is 0.686 bits per heavy atom. The van der Waals surface area contributed by atoms with Crippen molar-refractivity contribution in [2.75, 3.05) is 43.4 Å². The monoisotopic (exact) mass is 476 g/mol. The van der Waals surface area contributed by atoms with Crippen molar-refractivity contribution < 1.29 is 14.4 Å². The third-order valence-corrected chi connectivity index (χ3v) is 7.14.